The molecule has 0 spiro atoms. The zero-order chi connectivity index (χ0) is 9.50. The van der Waals surface area contributed by atoms with Gasteiger partial charge in [0.15, 0.2) is 0 Å². The lowest BCUT2D eigenvalue weighted by Crippen LogP contribution is -2.10. The van der Waals surface area contributed by atoms with E-state index in [1.807, 2.05) is 0 Å². The van der Waals surface area contributed by atoms with Gasteiger partial charge in [0.05, 0.1) is 0 Å². The lowest BCUT2D eigenvalue weighted by atomic mass is 11.8. The van der Waals surface area contributed by atoms with Gasteiger partial charge in [0.25, 0.3) is 0 Å². The Kier molecular flexibility index (Phi) is 0.201. The van der Waals surface area contributed by atoms with Crippen LogP contribution >= 0.6 is 0 Å². The Morgan fingerprint density at radius 1 is 1.40 bits per heavy atom. The van der Waals surface area contributed by atoms with E-state index < -0.39 is 21.0 Å². The first-order valence-corrected chi connectivity index (χ1v) is 4.50. The first kappa shape index (κ1) is 0.889. The molecule has 0 aliphatic rings. The molecule has 0 atom stereocenters. The first-order chi connectivity index (χ1) is 4.50. The highest BCUT2D eigenvalue weighted by molar-refractivity contribution is 6.74. The van der Waals surface area contributed by atoms with Crippen molar-refractivity contribution in [2.45, 2.75) is 26.0 Å². The van der Waals surface area contributed by atoms with Gasteiger partial charge < -0.3 is 0 Å². The summed E-state index contributed by atoms with van der Waals surface area (Å²) < 4.78 is 42.2. The largest absolute Gasteiger partial charge is 0.0697 e. The fourth-order valence-electron chi connectivity index (χ4n) is 0. The Morgan fingerprint density at radius 3 is 1.80 bits per heavy atom. The Balaban J connectivity index is 4.75. The van der Waals surface area contributed by atoms with E-state index in [4.69, 9.17) is 8.22 Å². The Morgan fingerprint density at radius 2 is 1.80 bits per heavy atom. The summed E-state index contributed by atoms with van der Waals surface area (Å²) in [5.41, 5.74) is 0. The molecular weight excluding hydrogens is 76.1 g/mol. The molecule has 0 N–H and O–H groups in total. The molecule has 0 saturated heterocycles. The van der Waals surface area contributed by atoms with E-state index >= 15 is 0 Å². The summed E-state index contributed by atoms with van der Waals surface area (Å²) in [5, 5.41) is 0. The SMILES string of the molecule is [2H]C([2H])([2H])[Si](C)(C)C([2H])([2H])[2H]. The van der Waals surface area contributed by atoms with Crippen molar-refractivity contribution in [3.8, 4) is 0 Å². The van der Waals surface area contributed by atoms with Crippen molar-refractivity contribution in [2.24, 2.45) is 0 Å². The standard InChI is InChI=1S/C4H12Si/c1-5(2,3)4/h1-4H3/i1D3,2D3. The van der Waals surface area contributed by atoms with Crippen molar-refractivity contribution in [2.75, 3.05) is 0 Å². The van der Waals surface area contributed by atoms with Gasteiger partial charge in [0.1, 0.15) is 0 Å². The highest BCUT2D eigenvalue weighted by Gasteiger charge is 1.99. The van der Waals surface area contributed by atoms with Gasteiger partial charge in [0.2, 0.25) is 0 Å². The van der Waals surface area contributed by atoms with Gasteiger partial charge >= 0.3 is 0 Å². The van der Waals surface area contributed by atoms with E-state index in [9.17, 15) is 0 Å². The van der Waals surface area contributed by atoms with Crippen LogP contribution in [0.5, 0.6) is 0 Å². The fourth-order valence-corrected chi connectivity index (χ4v) is 0. The first-order valence-electron chi connectivity index (χ1n) is 4.50. The number of rotatable bonds is 0. The lowest BCUT2D eigenvalue weighted by molar-refractivity contribution is 1.71. The maximum atomic E-state index is 7.03. The average Bonchev–Trinajstić information content (AvgIpc) is 1.58. The van der Waals surface area contributed by atoms with Crippen molar-refractivity contribution in [3.63, 3.8) is 0 Å². The van der Waals surface area contributed by atoms with E-state index in [0.29, 0.717) is 0 Å². The van der Waals surface area contributed by atoms with Gasteiger partial charge in [-0.25, -0.2) is 0 Å². The summed E-state index contributed by atoms with van der Waals surface area (Å²) in [6, 6.07) is 0. The molecule has 0 aromatic heterocycles. The van der Waals surface area contributed by atoms with Gasteiger partial charge in [-0.3, -0.25) is 0 Å². The molecule has 1 heteroatoms. The van der Waals surface area contributed by atoms with Crippen molar-refractivity contribution in [1.82, 2.24) is 0 Å². The molecule has 0 amide bonds. The Bertz CT molecular complexity index is 126. The quantitative estimate of drug-likeness (QED) is 0.402. The van der Waals surface area contributed by atoms with Crippen LogP contribution < -0.4 is 0 Å². The topological polar surface area (TPSA) is 0 Å². The second kappa shape index (κ2) is 1.13. The third-order valence-electron chi connectivity index (χ3n) is 0. The fraction of sp³-hybridized carbons (Fsp3) is 1.00. The third kappa shape index (κ3) is 441. The van der Waals surface area contributed by atoms with Crippen LogP contribution in [0.15, 0.2) is 0 Å². The summed E-state index contributed by atoms with van der Waals surface area (Å²) >= 11 is 0. The van der Waals surface area contributed by atoms with Crippen LogP contribution in [0.2, 0.25) is 26.0 Å². The Labute approximate surface area is 43.6 Å². The van der Waals surface area contributed by atoms with Crippen LogP contribution in [0.4, 0.5) is 0 Å². The minimum Gasteiger partial charge on any atom is -0.0697 e. The molecule has 0 fully saturated rings. The van der Waals surface area contributed by atoms with Crippen LogP contribution in [0.25, 0.3) is 0 Å². The molecule has 0 heterocycles. The van der Waals surface area contributed by atoms with Gasteiger partial charge in [0, 0.05) is 16.3 Å². The van der Waals surface area contributed by atoms with Crippen LogP contribution in [-0.4, -0.2) is 8.07 Å². The summed E-state index contributed by atoms with van der Waals surface area (Å²) in [4.78, 5) is 0. The molecule has 0 rings (SSSR count). The highest BCUT2D eigenvalue weighted by atomic mass is 28.3. The van der Waals surface area contributed by atoms with Gasteiger partial charge in [-0.1, -0.05) is 26.0 Å². The van der Waals surface area contributed by atoms with Crippen LogP contribution in [0, 0.1) is 0 Å². The van der Waals surface area contributed by atoms with Gasteiger partial charge in [-0.05, 0) is 0 Å². The van der Waals surface area contributed by atoms with E-state index in [1.54, 1.807) is 0 Å². The van der Waals surface area contributed by atoms with E-state index in [2.05, 4.69) is 0 Å². The predicted molar refractivity (Wildman–Crippen MR) is 29.2 cm³/mol. The van der Waals surface area contributed by atoms with Gasteiger partial charge in [-0.2, -0.15) is 0 Å². The molecule has 0 saturated carbocycles. The molecule has 0 radical (unpaired) electrons. The average molecular weight is 94.3 g/mol. The summed E-state index contributed by atoms with van der Waals surface area (Å²) in [5.74, 6) is 0. The lowest BCUT2D eigenvalue weighted by Gasteiger charge is -2.01. The second-order valence-electron chi connectivity index (χ2n) is 1.62. The molecule has 0 aliphatic heterocycles. The minimum atomic E-state index is -3.11. The minimum absolute atomic E-state index is 1.37. The van der Waals surface area contributed by atoms with Crippen molar-refractivity contribution < 1.29 is 8.22 Å². The molecule has 0 aromatic carbocycles. The molecule has 5 heavy (non-hydrogen) atoms. The highest BCUT2D eigenvalue weighted by Crippen LogP contribution is 1.94. The molecule has 0 aliphatic carbocycles. The zero-order valence-electron chi connectivity index (χ0n) is 9.50. The van der Waals surface area contributed by atoms with Crippen molar-refractivity contribution in [3.05, 3.63) is 0 Å². The Hall–Kier alpha value is 0.217. The summed E-state index contributed by atoms with van der Waals surface area (Å²) in [6.45, 7) is -1.85. The molecule has 0 bridgehead atoms. The molecule has 0 unspecified atom stereocenters. The van der Waals surface area contributed by atoms with E-state index in [1.165, 1.54) is 13.1 Å². The van der Waals surface area contributed by atoms with Crippen LogP contribution in [-0.2, 0) is 0 Å². The number of hydrogen-bond acceptors (Lipinski definition) is 0. The summed E-state index contributed by atoms with van der Waals surface area (Å²) in [7, 11) is -3.11. The maximum Gasteiger partial charge on any atom is 0.0411 e. The normalized spacial score (nSPS) is 34.8. The third-order valence-corrected chi connectivity index (χ3v) is 0. The van der Waals surface area contributed by atoms with Crippen molar-refractivity contribution in [1.29, 1.82) is 0 Å². The second-order valence-corrected chi connectivity index (χ2v) is 4.88. The molecule has 32 valence electrons. The smallest absolute Gasteiger partial charge is 0.0411 e. The monoisotopic (exact) mass is 94.1 g/mol. The van der Waals surface area contributed by atoms with Gasteiger partial charge in [-0.15, -0.1) is 0 Å². The van der Waals surface area contributed by atoms with Crippen molar-refractivity contribution >= 4 is 8.07 Å². The maximum absolute atomic E-state index is 7.03. The summed E-state index contributed by atoms with van der Waals surface area (Å²) in [6.07, 6.45) is 0. The van der Waals surface area contributed by atoms with E-state index in [-0.39, 0.29) is 0 Å². The predicted octanol–water partition coefficient (Wildman–Crippen LogP) is 1.95. The molecular formula is C4H12Si. The van der Waals surface area contributed by atoms with E-state index in [0.717, 1.165) is 0 Å². The van der Waals surface area contributed by atoms with Crippen LogP contribution in [0.1, 0.15) is 8.22 Å². The number of hydrogen-bond donors (Lipinski definition) is 0. The van der Waals surface area contributed by atoms with Crippen LogP contribution in [0.3, 0.4) is 0 Å². The molecule has 0 aromatic rings. The zero-order valence-corrected chi connectivity index (χ0v) is 4.50. The molecule has 0 nitrogen and oxygen atoms in total.